The first-order valence-electron chi connectivity index (χ1n) is 9.17. The second-order valence-electron chi connectivity index (χ2n) is 7.05. The summed E-state index contributed by atoms with van der Waals surface area (Å²) in [7, 11) is 0. The van der Waals surface area contributed by atoms with Crippen molar-refractivity contribution >= 4 is 40.2 Å². The Morgan fingerprint density at radius 3 is 3.00 bits per heavy atom. The van der Waals surface area contributed by atoms with E-state index in [4.69, 9.17) is 11.6 Å². The van der Waals surface area contributed by atoms with Crippen LogP contribution in [0.4, 0.5) is 0 Å². The van der Waals surface area contributed by atoms with E-state index < -0.39 is 0 Å². The molecule has 0 spiro atoms. The number of halogens is 1. The van der Waals surface area contributed by atoms with Crippen LogP contribution in [0.2, 0.25) is 5.02 Å². The molecular formula is C20H24ClN3O2S. The van der Waals surface area contributed by atoms with Crippen LogP contribution < -0.4 is 5.56 Å². The van der Waals surface area contributed by atoms with Gasteiger partial charge in [0.2, 0.25) is 5.91 Å². The van der Waals surface area contributed by atoms with Crippen LogP contribution in [0.5, 0.6) is 0 Å². The normalized spacial score (nSPS) is 18.5. The molecule has 1 aliphatic rings. The predicted molar refractivity (Wildman–Crippen MR) is 112 cm³/mol. The molecule has 0 radical (unpaired) electrons. The fourth-order valence-electron chi connectivity index (χ4n) is 3.41. The number of carbonyl (C=O) groups is 1. The van der Waals surface area contributed by atoms with Crippen molar-refractivity contribution in [3.8, 4) is 0 Å². The maximum atomic E-state index is 12.9. The fourth-order valence-corrected chi connectivity index (χ4v) is 4.58. The van der Waals surface area contributed by atoms with Gasteiger partial charge in [0, 0.05) is 24.7 Å². The van der Waals surface area contributed by atoms with Crippen molar-refractivity contribution in [1.29, 1.82) is 0 Å². The standard InChI is InChI=1S/C20H24ClN3O2S/c1-4-9-24-19(26)16-8-7-15(21)11-17(16)22-20(24)27-14(3)18(25)23-10-5-6-13(2)12-23/h4,7-8,11,13-14H,1,5-6,9-10,12H2,2-3H3. The number of rotatable bonds is 5. The number of aromatic nitrogens is 2. The number of amides is 1. The molecule has 2 unspecified atom stereocenters. The van der Waals surface area contributed by atoms with Crippen molar-refractivity contribution in [3.63, 3.8) is 0 Å². The lowest BCUT2D eigenvalue weighted by molar-refractivity contribution is -0.132. The molecule has 2 aromatic rings. The number of hydrogen-bond acceptors (Lipinski definition) is 4. The van der Waals surface area contributed by atoms with Crippen LogP contribution in [0, 0.1) is 5.92 Å². The summed E-state index contributed by atoms with van der Waals surface area (Å²) in [4.78, 5) is 32.3. The Kier molecular flexibility index (Phi) is 6.27. The lowest BCUT2D eigenvalue weighted by atomic mass is 10.0. The Labute approximate surface area is 168 Å². The molecule has 1 fully saturated rings. The van der Waals surface area contributed by atoms with Gasteiger partial charge in [-0.3, -0.25) is 14.2 Å². The number of hydrogen-bond donors (Lipinski definition) is 0. The molecule has 144 valence electrons. The Bertz CT molecular complexity index is 927. The zero-order chi connectivity index (χ0) is 19.6. The highest BCUT2D eigenvalue weighted by atomic mass is 35.5. The summed E-state index contributed by atoms with van der Waals surface area (Å²) in [5.41, 5.74) is 0.395. The Balaban J connectivity index is 1.92. The zero-order valence-electron chi connectivity index (χ0n) is 15.7. The molecule has 1 aromatic heterocycles. The molecule has 0 N–H and O–H groups in total. The first kappa shape index (κ1) is 20.0. The molecule has 2 atom stereocenters. The van der Waals surface area contributed by atoms with Crippen LogP contribution in [-0.2, 0) is 11.3 Å². The van der Waals surface area contributed by atoms with Gasteiger partial charge in [-0.2, -0.15) is 0 Å². The number of likely N-dealkylation sites (tertiary alicyclic amines) is 1. The minimum Gasteiger partial charge on any atom is -0.341 e. The highest BCUT2D eigenvalue weighted by molar-refractivity contribution is 8.00. The molecule has 0 saturated carbocycles. The third-order valence-electron chi connectivity index (χ3n) is 4.79. The molecular weight excluding hydrogens is 382 g/mol. The average molecular weight is 406 g/mol. The van der Waals surface area contributed by atoms with E-state index in [1.54, 1.807) is 28.8 Å². The van der Waals surface area contributed by atoms with E-state index in [-0.39, 0.29) is 16.7 Å². The summed E-state index contributed by atoms with van der Waals surface area (Å²) < 4.78 is 1.57. The topological polar surface area (TPSA) is 55.2 Å². The van der Waals surface area contributed by atoms with Crippen LogP contribution in [0.15, 0.2) is 40.8 Å². The summed E-state index contributed by atoms with van der Waals surface area (Å²) in [5.74, 6) is 0.622. The second kappa shape index (κ2) is 8.48. The number of nitrogens with zero attached hydrogens (tertiary/aromatic N) is 3. The van der Waals surface area contributed by atoms with Crippen molar-refractivity contribution in [3.05, 3.63) is 46.2 Å². The summed E-state index contributed by atoms with van der Waals surface area (Å²) in [6, 6.07) is 5.05. The van der Waals surface area contributed by atoms with Crippen molar-refractivity contribution in [2.75, 3.05) is 13.1 Å². The van der Waals surface area contributed by atoms with Crippen LogP contribution in [0.3, 0.4) is 0 Å². The summed E-state index contributed by atoms with van der Waals surface area (Å²) in [6.45, 7) is 9.72. The van der Waals surface area contributed by atoms with Crippen LogP contribution in [-0.4, -0.2) is 38.7 Å². The quantitative estimate of drug-likeness (QED) is 0.429. The van der Waals surface area contributed by atoms with E-state index >= 15 is 0 Å². The fraction of sp³-hybridized carbons (Fsp3) is 0.450. The molecule has 1 saturated heterocycles. The van der Waals surface area contributed by atoms with Crippen LogP contribution >= 0.6 is 23.4 Å². The van der Waals surface area contributed by atoms with Crippen LogP contribution in [0.25, 0.3) is 10.9 Å². The molecule has 2 heterocycles. The average Bonchev–Trinajstić information content (AvgIpc) is 2.64. The molecule has 3 rings (SSSR count). The van der Waals surface area contributed by atoms with E-state index in [0.717, 1.165) is 25.9 Å². The summed E-state index contributed by atoms with van der Waals surface area (Å²) in [5, 5.41) is 1.23. The molecule has 7 heteroatoms. The largest absolute Gasteiger partial charge is 0.341 e. The van der Waals surface area contributed by atoms with Gasteiger partial charge in [0.1, 0.15) is 0 Å². The van der Waals surface area contributed by atoms with E-state index in [1.807, 2.05) is 11.8 Å². The van der Waals surface area contributed by atoms with Gasteiger partial charge >= 0.3 is 0 Å². The van der Waals surface area contributed by atoms with Gasteiger partial charge in [-0.1, -0.05) is 36.4 Å². The van der Waals surface area contributed by atoms with Gasteiger partial charge < -0.3 is 4.90 Å². The molecule has 1 aliphatic heterocycles. The maximum absolute atomic E-state index is 12.9. The van der Waals surface area contributed by atoms with E-state index in [1.165, 1.54) is 11.8 Å². The Morgan fingerprint density at radius 1 is 1.52 bits per heavy atom. The highest BCUT2D eigenvalue weighted by Crippen LogP contribution is 2.26. The second-order valence-corrected chi connectivity index (χ2v) is 8.80. The Hall–Kier alpha value is -1.79. The number of fused-ring (bicyclic) bond motifs is 1. The summed E-state index contributed by atoms with van der Waals surface area (Å²) >= 11 is 7.38. The molecule has 27 heavy (non-hydrogen) atoms. The molecule has 5 nitrogen and oxygen atoms in total. The minimum atomic E-state index is -0.324. The van der Waals surface area contributed by atoms with Gasteiger partial charge in [0.25, 0.3) is 5.56 Å². The van der Waals surface area contributed by atoms with Gasteiger partial charge in [0.05, 0.1) is 16.2 Å². The van der Waals surface area contributed by atoms with Gasteiger partial charge in [-0.05, 0) is 43.9 Å². The van der Waals surface area contributed by atoms with E-state index in [9.17, 15) is 9.59 Å². The zero-order valence-corrected chi connectivity index (χ0v) is 17.2. The minimum absolute atomic E-state index is 0.0946. The smallest absolute Gasteiger partial charge is 0.262 e. The van der Waals surface area contributed by atoms with Crippen LogP contribution in [0.1, 0.15) is 26.7 Å². The monoisotopic (exact) mass is 405 g/mol. The third kappa shape index (κ3) is 4.38. The van der Waals surface area contributed by atoms with Gasteiger partial charge in [-0.15, -0.1) is 6.58 Å². The lowest BCUT2D eigenvalue weighted by Gasteiger charge is -2.32. The number of allylic oxidation sites excluding steroid dienone is 1. The predicted octanol–water partition coefficient (Wildman–Crippen LogP) is 3.98. The SMILES string of the molecule is C=CCn1c(SC(C)C(=O)N2CCCC(C)C2)nc2cc(Cl)ccc2c1=O. The number of thioether (sulfide) groups is 1. The van der Waals surface area contributed by atoms with Crippen molar-refractivity contribution in [1.82, 2.24) is 14.5 Å². The number of carbonyl (C=O) groups excluding carboxylic acids is 1. The first-order chi connectivity index (χ1) is 12.9. The first-order valence-corrected chi connectivity index (χ1v) is 10.4. The van der Waals surface area contributed by atoms with Gasteiger partial charge in [-0.25, -0.2) is 4.98 Å². The molecule has 0 bridgehead atoms. The lowest BCUT2D eigenvalue weighted by Crippen LogP contribution is -2.43. The maximum Gasteiger partial charge on any atom is 0.262 e. The molecule has 1 amide bonds. The highest BCUT2D eigenvalue weighted by Gasteiger charge is 2.27. The number of benzene rings is 1. The Morgan fingerprint density at radius 2 is 2.30 bits per heavy atom. The van der Waals surface area contributed by atoms with Gasteiger partial charge in [0.15, 0.2) is 5.16 Å². The van der Waals surface area contributed by atoms with E-state index in [2.05, 4.69) is 18.5 Å². The number of piperidine rings is 1. The van der Waals surface area contributed by atoms with Crippen molar-refractivity contribution in [2.45, 2.75) is 43.6 Å². The summed E-state index contributed by atoms with van der Waals surface area (Å²) in [6.07, 6.45) is 3.86. The van der Waals surface area contributed by atoms with Crippen molar-refractivity contribution < 1.29 is 4.79 Å². The third-order valence-corrected chi connectivity index (χ3v) is 6.11. The molecule has 0 aliphatic carbocycles. The van der Waals surface area contributed by atoms with Crippen molar-refractivity contribution in [2.24, 2.45) is 5.92 Å². The molecule has 1 aromatic carbocycles. The van der Waals surface area contributed by atoms with E-state index in [0.29, 0.717) is 33.5 Å².